The first-order chi connectivity index (χ1) is 16.4. The minimum Gasteiger partial charge on any atom is -0.495 e. The molecule has 2 amide bonds. The number of thioether (sulfide) groups is 1. The Labute approximate surface area is 212 Å². The molecule has 0 aromatic heterocycles. The maximum Gasteiger partial charge on any atom is 0.255 e. The van der Waals surface area contributed by atoms with Crippen molar-refractivity contribution in [2.24, 2.45) is 0 Å². The molecule has 3 aromatic rings. The molecular weight excluding hydrogens is 495 g/mol. The fourth-order valence-electron chi connectivity index (χ4n) is 3.64. The number of ether oxygens (including phenoxy) is 2. The van der Waals surface area contributed by atoms with Gasteiger partial charge in [0.05, 0.1) is 30.7 Å². The third-order valence-corrected chi connectivity index (χ3v) is 7.22. The SMILES string of the molecule is COc1cc(NC(=O)c2ccc([C@@H]3SCC(=O)N3Cc3ccc(Cl)cc3)cc2)c(OC)cc1Cl. The van der Waals surface area contributed by atoms with E-state index in [-0.39, 0.29) is 17.2 Å². The van der Waals surface area contributed by atoms with Gasteiger partial charge in [-0.15, -0.1) is 11.8 Å². The third kappa shape index (κ3) is 5.27. The molecule has 6 nitrogen and oxygen atoms in total. The lowest BCUT2D eigenvalue weighted by molar-refractivity contribution is -0.128. The second-order valence-corrected chi connectivity index (χ2v) is 9.49. The fraction of sp³-hybridized carbons (Fsp3) is 0.200. The van der Waals surface area contributed by atoms with Crippen molar-refractivity contribution in [2.45, 2.75) is 11.9 Å². The highest BCUT2D eigenvalue weighted by Gasteiger charge is 2.32. The highest BCUT2D eigenvalue weighted by Crippen LogP contribution is 2.40. The van der Waals surface area contributed by atoms with Crippen molar-refractivity contribution in [3.63, 3.8) is 0 Å². The van der Waals surface area contributed by atoms with Gasteiger partial charge < -0.3 is 19.7 Å². The van der Waals surface area contributed by atoms with E-state index < -0.39 is 0 Å². The number of nitrogens with zero attached hydrogens (tertiary/aromatic N) is 1. The summed E-state index contributed by atoms with van der Waals surface area (Å²) in [6.45, 7) is 0.494. The number of rotatable bonds is 7. The summed E-state index contributed by atoms with van der Waals surface area (Å²) in [5.41, 5.74) is 2.88. The fourth-order valence-corrected chi connectivity index (χ4v) is 5.18. The van der Waals surface area contributed by atoms with Crippen molar-refractivity contribution < 1.29 is 19.1 Å². The van der Waals surface area contributed by atoms with Crippen LogP contribution in [0.2, 0.25) is 10.0 Å². The number of halogens is 2. The Morgan fingerprint density at radius 2 is 1.71 bits per heavy atom. The molecule has 3 aromatic carbocycles. The van der Waals surface area contributed by atoms with E-state index >= 15 is 0 Å². The van der Waals surface area contributed by atoms with Gasteiger partial charge in [-0.1, -0.05) is 47.5 Å². The van der Waals surface area contributed by atoms with Gasteiger partial charge in [0.15, 0.2) is 0 Å². The topological polar surface area (TPSA) is 67.9 Å². The van der Waals surface area contributed by atoms with E-state index in [1.54, 1.807) is 36.0 Å². The molecule has 1 aliphatic rings. The van der Waals surface area contributed by atoms with E-state index in [0.29, 0.717) is 45.1 Å². The van der Waals surface area contributed by atoms with Gasteiger partial charge in [-0.3, -0.25) is 9.59 Å². The molecule has 1 aliphatic heterocycles. The van der Waals surface area contributed by atoms with Gasteiger partial charge in [0.1, 0.15) is 16.9 Å². The van der Waals surface area contributed by atoms with Crippen LogP contribution in [0.3, 0.4) is 0 Å². The average Bonchev–Trinajstić information content (AvgIpc) is 3.21. The van der Waals surface area contributed by atoms with Crippen LogP contribution in [0, 0.1) is 0 Å². The smallest absolute Gasteiger partial charge is 0.255 e. The molecule has 1 N–H and O–H groups in total. The van der Waals surface area contributed by atoms with Crippen molar-refractivity contribution >= 4 is 52.5 Å². The van der Waals surface area contributed by atoms with Crippen molar-refractivity contribution in [1.29, 1.82) is 0 Å². The number of benzene rings is 3. The van der Waals surface area contributed by atoms with E-state index in [0.717, 1.165) is 11.1 Å². The van der Waals surface area contributed by atoms with Crippen molar-refractivity contribution in [2.75, 3.05) is 25.3 Å². The maximum absolute atomic E-state index is 12.9. The third-order valence-electron chi connectivity index (χ3n) is 5.41. The highest BCUT2D eigenvalue weighted by molar-refractivity contribution is 8.00. The van der Waals surface area contributed by atoms with Gasteiger partial charge in [0, 0.05) is 29.3 Å². The molecule has 176 valence electrons. The van der Waals surface area contributed by atoms with Crippen LogP contribution < -0.4 is 14.8 Å². The Bertz CT molecular complexity index is 1200. The Hall–Kier alpha value is -2.87. The molecule has 9 heteroatoms. The summed E-state index contributed by atoms with van der Waals surface area (Å²) >= 11 is 13.7. The summed E-state index contributed by atoms with van der Waals surface area (Å²) in [6, 6.07) is 17.9. The Kier molecular flexibility index (Phi) is 7.56. The molecular formula is C25H22Cl2N2O4S. The largest absolute Gasteiger partial charge is 0.495 e. The molecule has 0 radical (unpaired) electrons. The number of methoxy groups -OCH3 is 2. The van der Waals surface area contributed by atoms with Gasteiger partial charge in [0.2, 0.25) is 5.91 Å². The van der Waals surface area contributed by atoms with Crippen LogP contribution in [0.1, 0.15) is 26.9 Å². The lowest BCUT2D eigenvalue weighted by atomic mass is 10.1. The monoisotopic (exact) mass is 516 g/mol. The summed E-state index contributed by atoms with van der Waals surface area (Å²) in [5.74, 6) is 1.04. The van der Waals surface area contributed by atoms with Crippen molar-refractivity contribution in [3.05, 3.63) is 87.4 Å². The number of carbonyl (C=O) groups is 2. The minimum atomic E-state index is -0.303. The van der Waals surface area contributed by atoms with Crippen LogP contribution in [-0.4, -0.2) is 36.7 Å². The van der Waals surface area contributed by atoms with Gasteiger partial charge in [-0.05, 0) is 35.4 Å². The van der Waals surface area contributed by atoms with E-state index in [1.807, 2.05) is 41.3 Å². The predicted molar refractivity (Wildman–Crippen MR) is 136 cm³/mol. The second kappa shape index (κ2) is 10.6. The lowest BCUT2D eigenvalue weighted by Crippen LogP contribution is -2.27. The van der Waals surface area contributed by atoms with Gasteiger partial charge in [-0.2, -0.15) is 0 Å². The normalized spacial score (nSPS) is 15.4. The Morgan fingerprint density at radius 3 is 2.35 bits per heavy atom. The molecule has 1 fully saturated rings. The molecule has 0 bridgehead atoms. The van der Waals surface area contributed by atoms with Gasteiger partial charge in [-0.25, -0.2) is 0 Å². The summed E-state index contributed by atoms with van der Waals surface area (Å²) in [4.78, 5) is 27.2. The van der Waals surface area contributed by atoms with Crippen LogP contribution in [0.25, 0.3) is 0 Å². The molecule has 4 rings (SSSR count). The Morgan fingerprint density at radius 1 is 1.03 bits per heavy atom. The van der Waals surface area contributed by atoms with Crippen LogP contribution in [0.4, 0.5) is 5.69 Å². The Balaban J connectivity index is 1.49. The number of amides is 2. The predicted octanol–water partition coefficient (Wildman–Crippen LogP) is 6.04. The van der Waals surface area contributed by atoms with Crippen molar-refractivity contribution in [3.8, 4) is 11.5 Å². The van der Waals surface area contributed by atoms with E-state index in [1.165, 1.54) is 14.2 Å². The first-order valence-corrected chi connectivity index (χ1v) is 12.2. The number of hydrogen-bond acceptors (Lipinski definition) is 5. The maximum atomic E-state index is 12.9. The number of nitrogens with one attached hydrogen (secondary N) is 1. The van der Waals surface area contributed by atoms with Crippen LogP contribution in [0.5, 0.6) is 11.5 Å². The second-order valence-electron chi connectivity index (χ2n) is 7.57. The van der Waals surface area contributed by atoms with Gasteiger partial charge >= 0.3 is 0 Å². The van der Waals surface area contributed by atoms with E-state index in [2.05, 4.69) is 5.32 Å². The summed E-state index contributed by atoms with van der Waals surface area (Å²) < 4.78 is 10.6. The summed E-state index contributed by atoms with van der Waals surface area (Å²) in [6.07, 6.45) is 0. The average molecular weight is 517 g/mol. The molecule has 0 saturated carbocycles. The van der Waals surface area contributed by atoms with Crippen LogP contribution in [-0.2, 0) is 11.3 Å². The lowest BCUT2D eigenvalue weighted by Gasteiger charge is -2.24. The standard InChI is InChI=1S/C25H22Cl2N2O4S/c1-32-21-12-20(22(33-2)11-19(21)27)28-24(31)16-5-7-17(8-6-16)25-29(23(30)14-34-25)13-15-3-9-18(26)10-4-15/h3-12,25H,13-14H2,1-2H3,(H,28,31)/t25-/m0/s1. The molecule has 1 atom stereocenters. The molecule has 1 heterocycles. The van der Waals surface area contributed by atoms with Gasteiger partial charge in [0.25, 0.3) is 5.91 Å². The minimum absolute atomic E-state index is 0.0792. The van der Waals surface area contributed by atoms with E-state index in [9.17, 15) is 9.59 Å². The van der Waals surface area contributed by atoms with Crippen LogP contribution >= 0.6 is 35.0 Å². The zero-order chi connectivity index (χ0) is 24.2. The molecule has 1 saturated heterocycles. The zero-order valence-electron chi connectivity index (χ0n) is 18.5. The van der Waals surface area contributed by atoms with Crippen LogP contribution in [0.15, 0.2) is 60.7 Å². The van der Waals surface area contributed by atoms with Crippen molar-refractivity contribution in [1.82, 2.24) is 4.90 Å². The number of anilines is 1. The first kappa shape index (κ1) is 24.3. The first-order valence-electron chi connectivity index (χ1n) is 10.4. The quantitative estimate of drug-likeness (QED) is 0.414. The van der Waals surface area contributed by atoms with E-state index in [4.69, 9.17) is 32.7 Å². The summed E-state index contributed by atoms with van der Waals surface area (Å²) in [7, 11) is 3.00. The number of hydrogen-bond donors (Lipinski definition) is 1. The number of carbonyl (C=O) groups excluding carboxylic acids is 2. The molecule has 0 spiro atoms. The molecule has 0 unspecified atom stereocenters. The zero-order valence-corrected chi connectivity index (χ0v) is 20.8. The molecule has 34 heavy (non-hydrogen) atoms. The highest BCUT2D eigenvalue weighted by atomic mass is 35.5. The molecule has 0 aliphatic carbocycles. The summed E-state index contributed by atoms with van der Waals surface area (Å²) in [5, 5.41) is 3.76.